The Kier molecular flexibility index (Phi) is 9.15. The van der Waals surface area contributed by atoms with Crippen molar-refractivity contribution >= 4 is 35.7 Å². The molecule has 162 valence electrons. The van der Waals surface area contributed by atoms with Crippen LogP contribution >= 0.6 is 12.4 Å². The number of amides is 3. The summed E-state index contributed by atoms with van der Waals surface area (Å²) in [4.78, 5) is 27.2. The average Bonchev–Trinajstić information content (AvgIpc) is 2.74. The van der Waals surface area contributed by atoms with E-state index in [4.69, 9.17) is 0 Å². The maximum Gasteiger partial charge on any atom is 0.323 e. The Labute approximate surface area is 184 Å². The Balaban J connectivity index is 0.00000320. The lowest BCUT2D eigenvalue weighted by Gasteiger charge is -2.32. The fourth-order valence-electron chi connectivity index (χ4n) is 3.57. The molecule has 7 heteroatoms. The first-order chi connectivity index (χ1) is 14.1. The van der Waals surface area contributed by atoms with E-state index in [1.54, 1.807) is 6.07 Å². The average molecular weight is 431 g/mol. The molecule has 0 aliphatic carbocycles. The molecule has 0 spiro atoms. The van der Waals surface area contributed by atoms with Crippen LogP contribution in [0.5, 0.6) is 0 Å². The fraction of sp³-hybridized carbons (Fsp3) is 0.391. The zero-order valence-electron chi connectivity index (χ0n) is 17.6. The molecule has 1 fully saturated rings. The summed E-state index contributed by atoms with van der Waals surface area (Å²) in [7, 11) is 0. The highest BCUT2D eigenvalue weighted by molar-refractivity contribution is 6.02. The zero-order chi connectivity index (χ0) is 20.6. The SMILES string of the molecule is CCNCC1CCN(C(=O)c2ccc(C)c(NC(=O)Nc3ccccc3)c2)CC1.Cl. The predicted molar refractivity (Wildman–Crippen MR) is 125 cm³/mol. The van der Waals surface area contributed by atoms with E-state index in [1.165, 1.54) is 0 Å². The van der Waals surface area contributed by atoms with Crippen LogP contribution in [-0.2, 0) is 0 Å². The number of rotatable bonds is 6. The third kappa shape index (κ3) is 6.47. The summed E-state index contributed by atoms with van der Waals surface area (Å²) in [5.74, 6) is 0.661. The van der Waals surface area contributed by atoms with Crippen molar-refractivity contribution in [1.82, 2.24) is 10.2 Å². The van der Waals surface area contributed by atoms with Crippen molar-refractivity contribution in [3.63, 3.8) is 0 Å². The number of carbonyl (C=O) groups is 2. The number of halogens is 1. The summed E-state index contributed by atoms with van der Waals surface area (Å²) in [6.07, 6.45) is 2.05. The smallest absolute Gasteiger partial charge is 0.323 e. The van der Waals surface area contributed by atoms with Gasteiger partial charge in [-0.3, -0.25) is 4.79 Å². The van der Waals surface area contributed by atoms with Gasteiger partial charge in [0, 0.05) is 30.0 Å². The third-order valence-electron chi connectivity index (χ3n) is 5.35. The Morgan fingerprint density at radius 3 is 2.40 bits per heavy atom. The van der Waals surface area contributed by atoms with E-state index in [1.807, 2.05) is 54.3 Å². The van der Waals surface area contributed by atoms with Gasteiger partial charge in [-0.15, -0.1) is 12.4 Å². The van der Waals surface area contributed by atoms with Crippen molar-refractivity contribution in [3.05, 3.63) is 59.7 Å². The van der Waals surface area contributed by atoms with Gasteiger partial charge in [-0.25, -0.2) is 4.79 Å². The van der Waals surface area contributed by atoms with E-state index in [9.17, 15) is 9.59 Å². The molecule has 1 saturated heterocycles. The van der Waals surface area contributed by atoms with Gasteiger partial charge in [0.25, 0.3) is 5.91 Å². The molecule has 0 unspecified atom stereocenters. The summed E-state index contributed by atoms with van der Waals surface area (Å²) < 4.78 is 0. The number of piperidine rings is 1. The van der Waals surface area contributed by atoms with Gasteiger partial charge in [0.2, 0.25) is 0 Å². The molecule has 0 radical (unpaired) electrons. The molecule has 0 saturated carbocycles. The van der Waals surface area contributed by atoms with E-state index < -0.39 is 0 Å². The normalized spacial score (nSPS) is 14.0. The van der Waals surface area contributed by atoms with Gasteiger partial charge in [-0.1, -0.05) is 31.2 Å². The molecular weight excluding hydrogens is 400 g/mol. The lowest BCUT2D eigenvalue weighted by molar-refractivity contribution is 0.0690. The van der Waals surface area contributed by atoms with Crippen LogP contribution in [0, 0.1) is 12.8 Å². The molecule has 0 bridgehead atoms. The minimum Gasteiger partial charge on any atom is -0.339 e. The number of hydrogen-bond donors (Lipinski definition) is 3. The summed E-state index contributed by atoms with van der Waals surface area (Å²) in [5, 5.41) is 9.05. The largest absolute Gasteiger partial charge is 0.339 e. The molecule has 2 aromatic rings. The first-order valence-corrected chi connectivity index (χ1v) is 10.3. The molecule has 6 nitrogen and oxygen atoms in total. The molecule has 3 amide bonds. The number of benzene rings is 2. The number of anilines is 2. The second kappa shape index (κ2) is 11.6. The van der Waals surface area contributed by atoms with Gasteiger partial charge in [0.15, 0.2) is 0 Å². The molecule has 1 aliphatic rings. The summed E-state index contributed by atoms with van der Waals surface area (Å²) >= 11 is 0. The van der Waals surface area contributed by atoms with E-state index in [0.29, 0.717) is 17.2 Å². The monoisotopic (exact) mass is 430 g/mol. The summed E-state index contributed by atoms with van der Waals surface area (Å²) in [6, 6.07) is 14.4. The first kappa shape index (κ1) is 23.7. The quantitative estimate of drug-likeness (QED) is 0.630. The van der Waals surface area contributed by atoms with E-state index in [0.717, 1.165) is 50.3 Å². The topological polar surface area (TPSA) is 73.5 Å². The molecule has 3 rings (SSSR count). The first-order valence-electron chi connectivity index (χ1n) is 10.3. The second-order valence-electron chi connectivity index (χ2n) is 7.52. The van der Waals surface area contributed by atoms with Gasteiger partial charge < -0.3 is 20.9 Å². The fourth-order valence-corrected chi connectivity index (χ4v) is 3.57. The van der Waals surface area contributed by atoms with Gasteiger partial charge in [0.1, 0.15) is 0 Å². The maximum atomic E-state index is 12.9. The number of hydrogen-bond acceptors (Lipinski definition) is 3. The zero-order valence-corrected chi connectivity index (χ0v) is 18.4. The molecule has 1 aliphatic heterocycles. The van der Waals surface area contributed by atoms with Crippen molar-refractivity contribution in [1.29, 1.82) is 0 Å². The number of likely N-dealkylation sites (tertiary alicyclic amines) is 1. The number of para-hydroxylation sites is 1. The van der Waals surface area contributed by atoms with Crippen LogP contribution in [0.4, 0.5) is 16.2 Å². The lowest BCUT2D eigenvalue weighted by Crippen LogP contribution is -2.40. The molecule has 30 heavy (non-hydrogen) atoms. The number of nitrogens with zero attached hydrogens (tertiary/aromatic N) is 1. The van der Waals surface area contributed by atoms with Crippen LogP contribution in [0.2, 0.25) is 0 Å². The molecule has 0 atom stereocenters. The van der Waals surface area contributed by atoms with Gasteiger partial charge in [0.05, 0.1) is 0 Å². The Bertz CT molecular complexity index is 836. The molecule has 3 N–H and O–H groups in total. The Morgan fingerprint density at radius 2 is 1.73 bits per heavy atom. The van der Waals surface area contributed by atoms with Gasteiger partial charge in [-0.2, -0.15) is 0 Å². The molecule has 2 aromatic carbocycles. The highest BCUT2D eigenvalue weighted by Gasteiger charge is 2.23. The molecule has 1 heterocycles. The summed E-state index contributed by atoms with van der Waals surface area (Å²) in [5.41, 5.74) is 2.88. The summed E-state index contributed by atoms with van der Waals surface area (Å²) in [6.45, 7) is 7.59. The second-order valence-corrected chi connectivity index (χ2v) is 7.52. The Morgan fingerprint density at radius 1 is 1.03 bits per heavy atom. The highest BCUT2D eigenvalue weighted by atomic mass is 35.5. The minimum absolute atomic E-state index is 0. The van der Waals surface area contributed by atoms with Gasteiger partial charge >= 0.3 is 6.03 Å². The predicted octanol–water partition coefficient (Wildman–Crippen LogP) is 4.52. The van der Waals surface area contributed by atoms with Crippen molar-refractivity contribution in [2.75, 3.05) is 36.8 Å². The van der Waals surface area contributed by atoms with Gasteiger partial charge in [-0.05, 0) is 68.6 Å². The maximum absolute atomic E-state index is 12.9. The highest BCUT2D eigenvalue weighted by Crippen LogP contribution is 2.22. The standard InChI is InChI=1S/C23H30N4O2.ClH/c1-3-24-16-18-11-13-27(14-12-18)22(28)19-10-9-17(2)21(15-19)26-23(29)25-20-7-5-4-6-8-20;/h4-10,15,18,24H,3,11-14,16H2,1-2H3,(H2,25,26,29);1H. The number of urea groups is 1. The van der Waals surface area contributed by atoms with Crippen LogP contribution in [0.15, 0.2) is 48.5 Å². The van der Waals surface area contributed by atoms with Crippen LogP contribution in [0.1, 0.15) is 35.7 Å². The molecular formula is C23H31ClN4O2. The number of carbonyl (C=O) groups excluding carboxylic acids is 2. The van der Waals surface area contributed by atoms with Crippen LogP contribution < -0.4 is 16.0 Å². The Hall–Kier alpha value is -2.57. The molecule has 0 aromatic heterocycles. The van der Waals surface area contributed by atoms with Crippen LogP contribution in [0.25, 0.3) is 0 Å². The van der Waals surface area contributed by atoms with E-state index >= 15 is 0 Å². The van der Waals surface area contributed by atoms with E-state index in [2.05, 4.69) is 22.9 Å². The minimum atomic E-state index is -0.326. The lowest BCUT2D eigenvalue weighted by atomic mass is 9.96. The van der Waals surface area contributed by atoms with Crippen molar-refractivity contribution < 1.29 is 9.59 Å². The van der Waals surface area contributed by atoms with Crippen molar-refractivity contribution in [2.24, 2.45) is 5.92 Å². The number of nitrogens with one attached hydrogen (secondary N) is 3. The van der Waals surface area contributed by atoms with E-state index in [-0.39, 0.29) is 24.3 Å². The van der Waals surface area contributed by atoms with Crippen LogP contribution in [0.3, 0.4) is 0 Å². The number of aryl methyl sites for hydroxylation is 1. The van der Waals surface area contributed by atoms with Crippen molar-refractivity contribution in [2.45, 2.75) is 26.7 Å². The van der Waals surface area contributed by atoms with Crippen LogP contribution in [-0.4, -0.2) is 43.0 Å². The van der Waals surface area contributed by atoms with Crippen molar-refractivity contribution in [3.8, 4) is 0 Å². The third-order valence-corrected chi connectivity index (χ3v) is 5.35.